The van der Waals surface area contributed by atoms with E-state index in [0.29, 0.717) is 0 Å². The second-order valence-electron chi connectivity index (χ2n) is 18.4. The van der Waals surface area contributed by atoms with Gasteiger partial charge in [-0.05, 0) is 166 Å². The Morgan fingerprint density at radius 1 is 0.200 bits per heavy atom. The summed E-state index contributed by atoms with van der Waals surface area (Å²) in [4.78, 5) is 14.9. The second kappa shape index (κ2) is 21.0. The molecule has 2 aliphatic rings. The topological polar surface area (TPSA) is 19.4 Å². The fourth-order valence-corrected chi connectivity index (χ4v) is 10.4. The van der Waals surface area contributed by atoms with Crippen LogP contribution < -0.4 is 29.4 Å². The molecule has 0 atom stereocenters. The van der Waals surface area contributed by atoms with Gasteiger partial charge in [0.1, 0.15) is 0 Å². The quantitative estimate of drug-likeness (QED) is 0.107. The first-order valence-corrected chi connectivity index (χ1v) is 25.1. The van der Waals surface area contributed by atoms with Crippen molar-refractivity contribution >= 4 is 79.6 Å². The molecule has 70 heavy (non-hydrogen) atoms. The Morgan fingerprint density at radius 3 is 0.671 bits per heavy atom. The van der Waals surface area contributed by atoms with E-state index in [9.17, 15) is 0 Å². The lowest BCUT2D eigenvalue weighted by atomic mass is 10.1. The Kier molecular flexibility index (Phi) is 13.3. The number of rotatable bonds is 14. The van der Waals surface area contributed by atoms with Crippen LogP contribution in [-0.2, 0) is 0 Å². The molecular weight excluding hydrogens is 853 g/mol. The minimum atomic E-state index is 1.04. The lowest BCUT2D eigenvalue weighted by Crippen LogP contribution is -2.29. The molecule has 11 rings (SSSR count). The van der Waals surface area contributed by atoms with Crippen LogP contribution in [0.15, 0.2) is 243 Å². The lowest BCUT2D eigenvalue weighted by molar-refractivity contribution is 0.578. The summed E-state index contributed by atoms with van der Waals surface area (Å²) in [5.41, 5.74) is 15.7. The van der Waals surface area contributed by atoms with Crippen molar-refractivity contribution in [1.82, 2.24) is 0 Å². The SMILES string of the molecule is c1ccc(N(c2ccccc2)c2cc(N3CCCCC3)cc(N(c3ccccc3)c3cccc(N(c4ccccc4)c4cc(N5CCCCC5)cc(N(c5ccccc5)c5ccccc5)c4)c3)c2)cc1. The molecule has 0 unspecified atom stereocenters. The minimum Gasteiger partial charge on any atom is -0.371 e. The third-order valence-electron chi connectivity index (χ3n) is 13.7. The molecule has 9 aromatic rings. The van der Waals surface area contributed by atoms with Gasteiger partial charge in [0.2, 0.25) is 0 Å². The van der Waals surface area contributed by atoms with Crippen LogP contribution in [0.2, 0.25) is 0 Å². The first kappa shape index (κ1) is 44.3. The van der Waals surface area contributed by atoms with Gasteiger partial charge in [-0.25, -0.2) is 0 Å². The van der Waals surface area contributed by atoms with Gasteiger partial charge in [-0.3, -0.25) is 0 Å². The number of hydrogen-bond acceptors (Lipinski definition) is 6. The molecule has 2 saturated heterocycles. The van der Waals surface area contributed by atoms with Crippen molar-refractivity contribution in [3.05, 3.63) is 243 Å². The average Bonchev–Trinajstić information content (AvgIpc) is 3.44. The summed E-state index contributed by atoms with van der Waals surface area (Å²) in [7, 11) is 0. The number of benzene rings is 9. The van der Waals surface area contributed by atoms with E-state index in [2.05, 4.69) is 272 Å². The van der Waals surface area contributed by atoms with Crippen LogP contribution in [0.1, 0.15) is 38.5 Å². The van der Waals surface area contributed by atoms with E-state index in [0.717, 1.165) is 94.4 Å². The van der Waals surface area contributed by atoms with Gasteiger partial charge in [0.25, 0.3) is 0 Å². The van der Waals surface area contributed by atoms with Crippen molar-refractivity contribution < 1.29 is 0 Å². The average molecular weight is 913 g/mol. The molecule has 0 radical (unpaired) electrons. The van der Waals surface area contributed by atoms with Crippen molar-refractivity contribution in [1.29, 1.82) is 0 Å². The van der Waals surface area contributed by atoms with Crippen LogP contribution in [0.25, 0.3) is 0 Å². The molecule has 0 amide bonds. The molecule has 0 aliphatic carbocycles. The van der Waals surface area contributed by atoms with Crippen molar-refractivity contribution in [2.45, 2.75) is 38.5 Å². The van der Waals surface area contributed by atoms with Gasteiger partial charge in [0.05, 0.1) is 22.7 Å². The zero-order chi connectivity index (χ0) is 46.9. The first-order chi connectivity index (χ1) is 34.7. The van der Waals surface area contributed by atoms with Gasteiger partial charge in [-0.1, -0.05) is 115 Å². The number of para-hydroxylation sites is 6. The molecule has 346 valence electrons. The van der Waals surface area contributed by atoms with Crippen LogP contribution in [0.5, 0.6) is 0 Å². The van der Waals surface area contributed by atoms with Gasteiger partial charge < -0.3 is 29.4 Å². The highest BCUT2D eigenvalue weighted by atomic mass is 15.2. The van der Waals surface area contributed by atoms with E-state index in [1.54, 1.807) is 0 Å². The Labute approximate surface area is 414 Å². The van der Waals surface area contributed by atoms with E-state index in [1.807, 2.05) is 0 Å². The molecule has 0 aromatic heterocycles. The molecule has 0 N–H and O–H groups in total. The van der Waals surface area contributed by atoms with Gasteiger partial charge in [-0.15, -0.1) is 0 Å². The third kappa shape index (κ3) is 9.72. The van der Waals surface area contributed by atoms with Crippen LogP contribution in [0, 0.1) is 0 Å². The maximum Gasteiger partial charge on any atom is 0.0503 e. The minimum absolute atomic E-state index is 1.04. The van der Waals surface area contributed by atoms with E-state index < -0.39 is 0 Å². The smallest absolute Gasteiger partial charge is 0.0503 e. The molecule has 2 aliphatic heterocycles. The van der Waals surface area contributed by atoms with E-state index in [1.165, 1.54) is 49.9 Å². The van der Waals surface area contributed by atoms with Crippen LogP contribution in [0.4, 0.5) is 79.6 Å². The van der Waals surface area contributed by atoms with Gasteiger partial charge >= 0.3 is 0 Å². The molecule has 2 fully saturated rings. The summed E-state index contributed by atoms with van der Waals surface area (Å²) in [6.07, 6.45) is 7.29. The van der Waals surface area contributed by atoms with E-state index in [4.69, 9.17) is 0 Å². The molecular formula is C64H60N6. The van der Waals surface area contributed by atoms with Crippen molar-refractivity contribution in [3.63, 3.8) is 0 Å². The first-order valence-electron chi connectivity index (χ1n) is 25.1. The summed E-state index contributed by atoms with van der Waals surface area (Å²) in [6, 6.07) is 88.4. The molecule has 0 bridgehead atoms. The van der Waals surface area contributed by atoms with Crippen molar-refractivity contribution in [3.8, 4) is 0 Å². The molecule has 2 heterocycles. The largest absolute Gasteiger partial charge is 0.371 e. The summed E-state index contributed by atoms with van der Waals surface area (Å²) in [6.45, 7) is 4.15. The second-order valence-corrected chi connectivity index (χ2v) is 18.4. The molecule has 9 aromatic carbocycles. The predicted molar refractivity (Wildman–Crippen MR) is 297 cm³/mol. The normalized spacial score (nSPS) is 13.7. The van der Waals surface area contributed by atoms with Crippen molar-refractivity contribution in [2.75, 3.05) is 55.6 Å². The Hall–Kier alpha value is -8.22. The third-order valence-corrected chi connectivity index (χ3v) is 13.7. The molecule has 0 spiro atoms. The maximum absolute atomic E-state index is 2.59. The Balaban J connectivity index is 1.10. The summed E-state index contributed by atoms with van der Waals surface area (Å²) < 4.78 is 0. The summed E-state index contributed by atoms with van der Waals surface area (Å²) >= 11 is 0. The van der Waals surface area contributed by atoms with E-state index in [-0.39, 0.29) is 0 Å². The highest BCUT2D eigenvalue weighted by Crippen LogP contribution is 2.47. The fraction of sp³-hybridized carbons (Fsp3) is 0.156. The number of piperidine rings is 2. The Morgan fingerprint density at radius 2 is 0.414 bits per heavy atom. The van der Waals surface area contributed by atoms with Gasteiger partial charge in [0, 0.05) is 83.1 Å². The number of hydrogen-bond donors (Lipinski definition) is 0. The van der Waals surface area contributed by atoms with Crippen LogP contribution in [-0.4, -0.2) is 26.2 Å². The summed E-state index contributed by atoms with van der Waals surface area (Å²) in [5.74, 6) is 0. The van der Waals surface area contributed by atoms with Crippen LogP contribution >= 0.6 is 0 Å². The monoisotopic (exact) mass is 912 g/mol. The lowest BCUT2D eigenvalue weighted by Gasteiger charge is -2.35. The number of nitrogens with zero attached hydrogens (tertiary/aromatic N) is 6. The Bertz CT molecular complexity index is 2780. The standard InChI is InChI=1S/C64H60N6/c1-9-26-51(27-10-1)67(52-28-11-2-12-29-52)61-45-59(65-40-21-7-22-41-65)47-63(49-61)69(55-34-17-5-18-35-55)57-38-25-39-58(44-57)70(56-36-19-6-20-37-56)64-48-60(66-42-23-8-24-43-66)46-62(50-64)68(53-30-13-3-14-31-53)54-32-15-4-16-33-54/h1-6,9-20,25-39,44-50H,7-8,21-24,40-43H2. The van der Waals surface area contributed by atoms with Gasteiger partial charge in [-0.2, -0.15) is 0 Å². The highest BCUT2D eigenvalue weighted by Gasteiger charge is 2.25. The molecule has 6 heteroatoms. The zero-order valence-corrected chi connectivity index (χ0v) is 39.8. The van der Waals surface area contributed by atoms with Crippen molar-refractivity contribution in [2.24, 2.45) is 0 Å². The maximum atomic E-state index is 2.59. The molecule has 6 nitrogen and oxygen atoms in total. The zero-order valence-electron chi connectivity index (χ0n) is 39.8. The van der Waals surface area contributed by atoms with E-state index >= 15 is 0 Å². The number of anilines is 14. The van der Waals surface area contributed by atoms with Crippen LogP contribution in [0.3, 0.4) is 0 Å². The predicted octanol–water partition coefficient (Wildman–Crippen LogP) is 17.5. The highest BCUT2D eigenvalue weighted by molar-refractivity contribution is 5.90. The molecule has 0 saturated carbocycles. The van der Waals surface area contributed by atoms with Gasteiger partial charge in [0.15, 0.2) is 0 Å². The fourth-order valence-electron chi connectivity index (χ4n) is 10.4. The summed E-state index contributed by atoms with van der Waals surface area (Å²) in [5, 5.41) is 0.